The van der Waals surface area contributed by atoms with E-state index in [0.29, 0.717) is 0 Å². The quantitative estimate of drug-likeness (QED) is 0.624. The van der Waals surface area contributed by atoms with Crippen LogP contribution in [0.5, 0.6) is 0 Å². The van der Waals surface area contributed by atoms with E-state index >= 15 is 0 Å². The van der Waals surface area contributed by atoms with Gasteiger partial charge in [0, 0.05) is 38.6 Å². The van der Waals surface area contributed by atoms with Gasteiger partial charge in [0.25, 0.3) is 0 Å². The van der Waals surface area contributed by atoms with Crippen LogP contribution in [-0.4, -0.2) is 34.4 Å². The van der Waals surface area contributed by atoms with Gasteiger partial charge in [0.15, 0.2) is 0 Å². The van der Waals surface area contributed by atoms with Crippen LogP contribution in [0.1, 0.15) is 22.9 Å². The average molecular weight is 420 g/mol. The van der Waals surface area contributed by atoms with Crippen LogP contribution < -0.4 is 10.6 Å². The Kier molecular flexibility index (Phi) is 6.13. The summed E-state index contributed by atoms with van der Waals surface area (Å²) in [5, 5.41) is 5.06. The van der Waals surface area contributed by atoms with Crippen molar-refractivity contribution in [3.8, 4) is 0 Å². The van der Waals surface area contributed by atoms with Gasteiger partial charge in [0.05, 0.1) is 11.7 Å². The Morgan fingerprint density at radius 1 is 1.00 bits per heavy atom. The lowest BCUT2D eigenvalue weighted by Gasteiger charge is -2.36. The molecule has 160 valence electrons. The number of halogens is 1. The predicted molar refractivity (Wildman–Crippen MR) is 117 cm³/mol. The van der Waals surface area contributed by atoms with E-state index in [1.807, 2.05) is 36.0 Å². The van der Waals surface area contributed by atoms with Crippen molar-refractivity contribution in [3.05, 3.63) is 89.5 Å². The zero-order valence-electron chi connectivity index (χ0n) is 17.3. The molecule has 0 bridgehead atoms. The monoisotopic (exact) mass is 420 g/mol. The molecule has 4 rings (SSSR count). The molecule has 1 aliphatic heterocycles. The third kappa shape index (κ3) is 4.67. The molecule has 3 aromatic rings. The molecule has 0 radical (unpaired) electrons. The van der Waals surface area contributed by atoms with Gasteiger partial charge in [0.2, 0.25) is 0 Å². The van der Waals surface area contributed by atoms with Gasteiger partial charge in [-0.2, -0.15) is 0 Å². The third-order valence-electron chi connectivity index (χ3n) is 5.71. The zero-order chi connectivity index (χ0) is 21.8. The van der Waals surface area contributed by atoms with E-state index in [1.54, 1.807) is 6.07 Å². The summed E-state index contributed by atoms with van der Waals surface area (Å²) in [4.78, 5) is 27.0. The first-order chi connectivity index (χ1) is 15.0. The number of carbonyl (C=O) groups is 2. The summed E-state index contributed by atoms with van der Waals surface area (Å²) >= 11 is 0. The summed E-state index contributed by atoms with van der Waals surface area (Å²) in [7, 11) is 1.97. The minimum atomic E-state index is -0.889. The number of aromatic nitrogens is 1. The van der Waals surface area contributed by atoms with E-state index in [4.69, 9.17) is 0 Å². The van der Waals surface area contributed by atoms with Crippen LogP contribution in [0.25, 0.3) is 0 Å². The van der Waals surface area contributed by atoms with Crippen LogP contribution in [-0.2, 0) is 29.6 Å². The Balaban J connectivity index is 1.46. The SMILES string of the molecule is Cn1cccc1[C@@H](CNC(=O)C(=O)Nc1ccccc1F)N1CCc2ccccc2C1. The van der Waals surface area contributed by atoms with Gasteiger partial charge >= 0.3 is 11.8 Å². The van der Waals surface area contributed by atoms with Crippen molar-refractivity contribution < 1.29 is 14.0 Å². The van der Waals surface area contributed by atoms with E-state index in [2.05, 4.69) is 33.7 Å². The smallest absolute Gasteiger partial charge is 0.313 e. The van der Waals surface area contributed by atoms with Gasteiger partial charge in [-0.05, 0) is 41.8 Å². The van der Waals surface area contributed by atoms with Crippen molar-refractivity contribution >= 4 is 17.5 Å². The van der Waals surface area contributed by atoms with Crippen LogP contribution >= 0.6 is 0 Å². The second-order valence-electron chi connectivity index (χ2n) is 7.69. The molecule has 0 fully saturated rings. The number of benzene rings is 2. The first-order valence-electron chi connectivity index (χ1n) is 10.3. The number of hydrogen-bond acceptors (Lipinski definition) is 3. The molecule has 31 heavy (non-hydrogen) atoms. The Bertz CT molecular complexity index is 1090. The first-order valence-corrected chi connectivity index (χ1v) is 10.3. The van der Waals surface area contributed by atoms with Crippen LogP contribution in [0.4, 0.5) is 10.1 Å². The molecule has 2 heterocycles. The number of hydrogen-bond donors (Lipinski definition) is 2. The molecule has 2 N–H and O–H groups in total. The summed E-state index contributed by atoms with van der Waals surface area (Å²) in [6.07, 6.45) is 2.89. The molecule has 2 amide bonds. The average Bonchev–Trinajstić information content (AvgIpc) is 3.20. The number of rotatable bonds is 5. The Morgan fingerprint density at radius 2 is 1.74 bits per heavy atom. The van der Waals surface area contributed by atoms with Crippen LogP contribution in [0.2, 0.25) is 0 Å². The molecule has 2 aromatic carbocycles. The van der Waals surface area contributed by atoms with E-state index in [9.17, 15) is 14.0 Å². The van der Waals surface area contributed by atoms with Crippen LogP contribution in [0.15, 0.2) is 66.9 Å². The van der Waals surface area contributed by atoms with Gasteiger partial charge in [-0.15, -0.1) is 0 Å². The molecule has 0 spiro atoms. The van der Waals surface area contributed by atoms with Crippen LogP contribution in [0.3, 0.4) is 0 Å². The summed E-state index contributed by atoms with van der Waals surface area (Å²) in [6, 6.07) is 18.0. The van der Waals surface area contributed by atoms with E-state index in [0.717, 1.165) is 25.2 Å². The number of nitrogens with zero attached hydrogens (tertiary/aromatic N) is 2. The molecule has 1 aromatic heterocycles. The molecular weight excluding hydrogens is 395 g/mol. The number of nitrogens with one attached hydrogen (secondary N) is 2. The van der Waals surface area contributed by atoms with Crippen molar-refractivity contribution in [2.45, 2.75) is 19.0 Å². The molecular formula is C24H25FN4O2. The number of carbonyl (C=O) groups excluding carboxylic acids is 2. The molecule has 1 aliphatic rings. The maximum Gasteiger partial charge on any atom is 0.313 e. The molecule has 0 unspecified atom stereocenters. The second-order valence-corrected chi connectivity index (χ2v) is 7.69. The normalized spacial score (nSPS) is 14.5. The summed E-state index contributed by atoms with van der Waals surface area (Å²) in [5.41, 5.74) is 3.65. The highest BCUT2D eigenvalue weighted by molar-refractivity contribution is 6.39. The highest BCUT2D eigenvalue weighted by Crippen LogP contribution is 2.27. The van der Waals surface area contributed by atoms with Gasteiger partial charge in [0.1, 0.15) is 5.82 Å². The van der Waals surface area contributed by atoms with E-state index in [-0.39, 0.29) is 18.3 Å². The lowest BCUT2D eigenvalue weighted by molar-refractivity contribution is -0.136. The summed E-state index contributed by atoms with van der Waals surface area (Å²) in [6.45, 7) is 1.89. The maximum atomic E-state index is 13.8. The first kappa shape index (κ1) is 20.8. The number of amides is 2. The van der Waals surface area contributed by atoms with E-state index < -0.39 is 17.6 Å². The number of para-hydroxylation sites is 1. The van der Waals surface area contributed by atoms with E-state index in [1.165, 1.54) is 29.3 Å². The summed E-state index contributed by atoms with van der Waals surface area (Å²) in [5.74, 6) is -2.27. The molecule has 0 aliphatic carbocycles. The molecule has 7 heteroatoms. The van der Waals surface area contributed by atoms with Crippen molar-refractivity contribution in [2.75, 3.05) is 18.4 Å². The number of aryl methyl sites for hydroxylation is 1. The molecule has 6 nitrogen and oxygen atoms in total. The molecule has 0 saturated carbocycles. The lowest BCUT2D eigenvalue weighted by Crippen LogP contribution is -2.44. The van der Waals surface area contributed by atoms with Crippen molar-refractivity contribution in [2.24, 2.45) is 7.05 Å². The highest BCUT2D eigenvalue weighted by Gasteiger charge is 2.27. The van der Waals surface area contributed by atoms with Crippen LogP contribution in [0, 0.1) is 5.82 Å². The second kappa shape index (κ2) is 9.14. The standard InChI is InChI=1S/C24H25FN4O2/c1-28-13-6-11-21(28)22(29-14-12-17-7-2-3-8-18(17)16-29)15-26-23(30)24(31)27-20-10-5-4-9-19(20)25/h2-11,13,22H,12,14-16H2,1H3,(H,26,30)(H,27,31)/t22-/m1/s1. The van der Waals surface area contributed by atoms with Gasteiger partial charge in [-0.3, -0.25) is 14.5 Å². The fraction of sp³-hybridized carbons (Fsp3) is 0.250. The summed E-state index contributed by atoms with van der Waals surface area (Å²) < 4.78 is 15.8. The number of anilines is 1. The third-order valence-corrected chi connectivity index (χ3v) is 5.71. The Morgan fingerprint density at radius 3 is 2.48 bits per heavy atom. The molecule has 0 saturated heterocycles. The predicted octanol–water partition coefficient (Wildman–Crippen LogP) is 3.02. The minimum absolute atomic E-state index is 0.0192. The van der Waals surface area contributed by atoms with Gasteiger partial charge < -0.3 is 15.2 Å². The minimum Gasteiger partial charge on any atom is -0.353 e. The van der Waals surface area contributed by atoms with Crippen molar-refractivity contribution in [1.82, 2.24) is 14.8 Å². The fourth-order valence-corrected chi connectivity index (χ4v) is 4.04. The lowest BCUT2D eigenvalue weighted by atomic mass is 9.98. The fourth-order valence-electron chi connectivity index (χ4n) is 4.04. The maximum absolute atomic E-state index is 13.8. The van der Waals surface area contributed by atoms with Crippen molar-refractivity contribution in [1.29, 1.82) is 0 Å². The zero-order valence-corrected chi connectivity index (χ0v) is 17.3. The highest BCUT2D eigenvalue weighted by atomic mass is 19.1. The van der Waals surface area contributed by atoms with Crippen molar-refractivity contribution in [3.63, 3.8) is 0 Å². The molecule has 1 atom stereocenters. The largest absolute Gasteiger partial charge is 0.353 e. The Hall–Kier alpha value is -3.45. The van der Waals surface area contributed by atoms with Gasteiger partial charge in [-0.25, -0.2) is 4.39 Å². The Labute approximate surface area is 180 Å². The van der Waals surface area contributed by atoms with Gasteiger partial charge in [-0.1, -0.05) is 36.4 Å². The number of fused-ring (bicyclic) bond motifs is 1. The topological polar surface area (TPSA) is 66.4 Å².